The lowest BCUT2D eigenvalue weighted by atomic mass is 9.72. The zero-order chi connectivity index (χ0) is 42.6. The van der Waals surface area contributed by atoms with E-state index in [0.29, 0.717) is 78.7 Å². The molecule has 5 aliphatic rings. The van der Waals surface area contributed by atoms with Crippen LogP contribution in [0.4, 0.5) is 0 Å². The molecule has 3 fully saturated rings. The fourth-order valence-corrected chi connectivity index (χ4v) is 10.7. The third-order valence-corrected chi connectivity index (χ3v) is 14.1. The molecule has 12 heteroatoms. The number of phenols is 1. The molecular formula is C48H76N6O6. The average molecular weight is 833 g/mol. The normalized spacial score (nSPS) is 28.4. The van der Waals surface area contributed by atoms with Crippen molar-refractivity contribution in [3.63, 3.8) is 0 Å². The van der Waals surface area contributed by atoms with Crippen molar-refractivity contribution in [2.75, 3.05) is 39.9 Å². The number of rotatable bonds is 22. The van der Waals surface area contributed by atoms with Crippen LogP contribution in [0.25, 0.3) is 0 Å². The van der Waals surface area contributed by atoms with E-state index in [1.54, 1.807) is 20.0 Å². The number of phenolic OH excluding ortho intramolecular Hbond substituents is 1. The summed E-state index contributed by atoms with van der Waals surface area (Å²) < 4.78 is 12.4. The topological polar surface area (TPSA) is 200 Å². The van der Waals surface area contributed by atoms with Crippen LogP contribution in [0.1, 0.15) is 116 Å². The van der Waals surface area contributed by atoms with E-state index in [9.17, 15) is 20.4 Å². The second kappa shape index (κ2) is 22.7. The first-order chi connectivity index (χ1) is 29.0. The molecule has 6 rings (SSSR count). The Labute approximate surface area is 359 Å². The second-order valence-corrected chi connectivity index (χ2v) is 18.7. The Bertz CT molecular complexity index is 1630. The van der Waals surface area contributed by atoms with Gasteiger partial charge in [0.2, 0.25) is 0 Å². The molecule has 0 amide bonds. The molecule has 10 atom stereocenters. The summed E-state index contributed by atoms with van der Waals surface area (Å²) in [5.74, 6) is 4.36. The summed E-state index contributed by atoms with van der Waals surface area (Å²) in [6.45, 7) is 6.24. The maximum Gasteiger partial charge on any atom is 0.189 e. The number of aliphatic imine (C=N–C) groups is 2. The number of nitrogens with zero attached hydrogens (tertiary/aromatic N) is 2. The smallest absolute Gasteiger partial charge is 0.189 e. The van der Waals surface area contributed by atoms with Gasteiger partial charge in [-0.2, -0.15) is 11.6 Å². The van der Waals surface area contributed by atoms with Crippen LogP contribution in [-0.2, 0) is 11.2 Å². The first-order valence-electron chi connectivity index (χ1n) is 23.2. The van der Waals surface area contributed by atoms with Crippen molar-refractivity contribution in [1.29, 1.82) is 0 Å². The molecule has 0 bridgehead atoms. The first-order valence-corrected chi connectivity index (χ1v) is 23.2. The van der Waals surface area contributed by atoms with Gasteiger partial charge >= 0.3 is 0 Å². The summed E-state index contributed by atoms with van der Waals surface area (Å²) in [5.41, 5.74) is 16.5. The number of nitrogens with two attached hydrogens (primary N) is 2. The third-order valence-electron chi connectivity index (χ3n) is 14.1. The second-order valence-electron chi connectivity index (χ2n) is 18.7. The number of aryl methyl sites for hydroxylation is 1. The molecule has 2 aliphatic heterocycles. The predicted molar refractivity (Wildman–Crippen MR) is 239 cm³/mol. The molecule has 0 radical (unpaired) electrons. The number of aliphatic hydroxyl groups is 3. The standard InChI is InChI=1S/C48H76N6O6/c1-30(25-53-48(50)51-3)11-14-33-15-17-37(49)22-35(33)7-4-5-10-46-36(28-55)23-38(60-46)18-12-32-13-20-44(57)47(21-32)59-29-45(58)43-24-40-41(27-52-26-31(2)56)39-9-6-8-34(39)16-19-42(40)54-43/h13,20-21,23-24,30-31,33-35,37,39,41,45-46,52,55-58H,4-12,14-19,22,25-29,49H2,1-3H3,(H3,50,51,53). The predicted octanol–water partition coefficient (Wildman–Crippen LogP) is 5.88. The first kappa shape index (κ1) is 46.2. The number of hydrogen-bond acceptors (Lipinski definition) is 10. The number of unbranched alkanes of at least 4 members (excludes halogenated alkanes) is 1. The monoisotopic (exact) mass is 833 g/mol. The number of ether oxygens (including phenoxy) is 2. The van der Waals surface area contributed by atoms with Crippen LogP contribution >= 0.6 is 0 Å². The third kappa shape index (κ3) is 12.9. The number of guanidine groups is 1. The van der Waals surface area contributed by atoms with Crippen LogP contribution in [0.5, 0.6) is 11.5 Å². The van der Waals surface area contributed by atoms with E-state index < -0.39 is 12.2 Å². The molecule has 10 N–H and O–H groups in total. The quantitative estimate of drug-likeness (QED) is 0.0302. The van der Waals surface area contributed by atoms with Crippen molar-refractivity contribution in [3.05, 3.63) is 59.2 Å². The fourth-order valence-electron chi connectivity index (χ4n) is 10.7. The summed E-state index contributed by atoms with van der Waals surface area (Å²) in [6, 6.07) is 6.28. The SMILES string of the molecule is CN=C(N)NCC(C)CCC1CCC(N)CC1CCCCC1O[C-](CCc2ccc(O)c(OCC(O)[C+]3C=C4C(=N3)CCC3CCCC3C4CNCC(C)O)c2)C=C1CO. The molecule has 3 saturated carbocycles. The van der Waals surface area contributed by atoms with E-state index >= 15 is 0 Å². The Kier molecular flexibility index (Phi) is 17.5. The van der Waals surface area contributed by atoms with Crippen molar-refractivity contribution in [3.8, 4) is 11.5 Å². The van der Waals surface area contributed by atoms with Crippen LogP contribution in [0.2, 0.25) is 0 Å². The number of aliphatic hydroxyl groups excluding tert-OH is 3. The van der Waals surface area contributed by atoms with E-state index in [2.05, 4.69) is 28.6 Å². The van der Waals surface area contributed by atoms with E-state index in [1.807, 2.05) is 18.2 Å². The van der Waals surface area contributed by atoms with E-state index in [0.717, 1.165) is 81.0 Å². The molecule has 334 valence electrons. The van der Waals surface area contributed by atoms with Crippen molar-refractivity contribution in [1.82, 2.24) is 10.6 Å². The summed E-state index contributed by atoms with van der Waals surface area (Å²) in [5, 5.41) is 48.7. The molecule has 60 heavy (non-hydrogen) atoms. The van der Waals surface area contributed by atoms with Gasteiger partial charge in [0.15, 0.2) is 35.3 Å². The number of hydrogen-bond donors (Lipinski definition) is 8. The van der Waals surface area contributed by atoms with Crippen LogP contribution < -0.4 is 26.8 Å². The van der Waals surface area contributed by atoms with Gasteiger partial charge in [0, 0.05) is 51.9 Å². The minimum Gasteiger partial charge on any atom is -0.504 e. The molecule has 1 aromatic rings. The number of benzene rings is 1. The zero-order valence-electron chi connectivity index (χ0n) is 36.7. The number of aromatic hydroxyl groups is 1. The molecule has 1 aromatic carbocycles. The van der Waals surface area contributed by atoms with Crippen molar-refractivity contribution in [2.24, 2.45) is 57.0 Å². The van der Waals surface area contributed by atoms with Gasteiger partial charge in [0.05, 0.1) is 18.1 Å². The van der Waals surface area contributed by atoms with E-state index in [4.69, 9.17) is 25.9 Å². The maximum atomic E-state index is 11.3. The Hall–Kier alpha value is -3.26. The molecule has 0 aromatic heterocycles. The van der Waals surface area contributed by atoms with Crippen LogP contribution in [0, 0.1) is 47.7 Å². The average Bonchev–Trinajstić information content (AvgIpc) is 3.98. The zero-order valence-corrected chi connectivity index (χ0v) is 36.7. The van der Waals surface area contributed by atoms with Gasteiger partial charge < -0.3 is 52.0 Å². The molecule has 0 saturated heterocycles. The summed E-state index contributed by atoms with van der Waals surface area (Å²) in [4.78, 5) is 8.93. The minimum atomic E-state index is -0.933. The lowest BCUT2D eigenvalue weighted by Gasteiger charge is -2.36. The Morgan fingerprint density at radius 1 is 1.08 bits per heavy atom. The Morgan fingerprint density at radius 2 is 1.92 bits per heavy atom. The number of nitrogens with one attached hydrogen (secondary N) is 2. The Balaban J connectivity index is 0.940. The highest BCUT2D eigenvalue weighted by Gasteiger charge is 2.47. The van der Waals surface area contributed by atoms with Gasteiger partial charge in [-0.05, 0) is 112 Å². The van der Waals surface area contributed by atoms with Crippen molar-refractivity contribution in [2.45, 2.75) is 141 Å². The van der Waals surface area contributed by atoms with Gasteiger partial charge in [0.1, 0.15) is 12.2 Å². The molecule has 12 nitrogen and oxygen atoms in total. The summed E-state index contributed by atoms with van der Waals surface area (Å²) in [7, 11) is 1.70. The molecule has 2 heterocycles. The van der Waals surface area contributed by atoms with Crippen molar-refractivity contribution >= 4 is 11.7 Å². The van der Waals surface area contributed by atoms with Gasteiger partial charge in [-0.3, -0.25) is 4.99 Å². The molecular weight excluding hydrogens is 757 g/mol. The van der Waals surface area contributed by atoms with Crippen LogP contribution in [-0.4, -0.2) is 96.3 Å². The lowest BCUT2D eigenvalue weighted by molar-refractivity contribution is 0.101. The molecule has 0 spiro atoms. The van der Waals surface area contributed by atoms with Crippen LogP contribution in [0.3, 0.4) is 0 Å². The van der Waals surface area contributed by atoms with E-state index in [-0.39, 0.29) is 25.1 Å². The maximum absolute atomic E-state index is 11.3. The highest BCUT2D eigenvalue weighted by molar-refractivity contribution is 6.04. The van der Waals surface area contributed by atoms with Crippen molar-refractivity contribution < 1.29 is 29.9 Å². The summed E-state index contributed by atoms with van der Waals surface area (Å²) >= 11 is 0. The van der Waals surface area contributed by atoms with E-state index in [1.165, 1.54) is 50.5 Å². The number of fused-ring (bicyclic) bond motifs is 2. The highest BCUT2D eigenvalue weighted by atomic mass is 16.5. The lowest BCUT2D eigenvalue weighted by Crippen LogP contribution is -2.35. The highest BCUT2D eigenvalue weighted by Crippen LogP contribution is 2.47. The van der Waals surface area contributed by atoms with Gasteiger partial charge in [-0.1, -0.05) is 57.6 Å². The fraction of sp³-hybridized carbons (Fsp3) is 0.708. The molecule has 10 unspecified atom stereocenters. The van der Waals surface area contributed by atoms with Gasteiger partial charge in [-0.25, -0.2) is 0 Å². The summed E-state index contributed by atoms with van der Waals surface area (Å²) in [6.07, 6.45) is 20.7. The van der Waals surface area contributed by atoms with Gasteiger partial charge in [0.25, 0.3) is 0 Å². The molecule has 3 aliphatic carbocycles. The van der Waals surface area contributed by atoms with Gasteiger partial charge in [-0.15, -0.1) is 4.99 Å². The minimum absolute atomic E-state index is 0.0150. The van der Waals surface area contributed by atoms with Crippen LogP contribution in [0.15, 0.2) is 51.5 Å². The largest absolute Gasteiger partial charge is 0.504 e. The Morgan fingerprint density at radius 3 is 2.72 bits per heavy atom.